The average Bonchev–Trinajstić information content (AvgIpc) is 3.57. The summed E-state index contributed by atoms with van der Waals surface area (Å²) in [7, 11) is 1.27. The zero-order chi connectivity index (χ0) is 26.8. The summed E-state index contributed by atoms with van der Waals surface area (Å²) in [5.41, 5.74) is 1.99. The van der Waals surface area contributed by atoms with Gasteiger partial charge in [0.25, 0.3) is 0 Å². The van der Waals surface area contributed by atoms with Crippen LogP contribution in [0.4, 0.5) is 11.5 Å². The molecule has 2 atom stereocenters. The molecule has 4 aliphatic rings. The van der Waals surface area contributed by atoms with E-state index in [9.17, 15) is 4.57 Å². The number of anilines is 1. The summed E-state index contributed by atoms with van der Waals surface area (Å²) in [5.74, 6) is 2.32. The Kier molecular flexibility index (Phi) is 8.03. The Labute approximate surface area is 232 Å². The molecular formula is C29H43N6O3P. The highest BCUT2D eigenvalue weighted by atomic mass is 31.2. The second-order valence-electron chi connectivity index (χ2n) is 11.5. The van der Waals surface area contributed by atoms with Crippen molar-refractivity contribution in [1.82, 2.24) is 20.1 Å². The number of nitrogens with zero attached hydrogens (tertiary/aromatic N) is 3. The van der Waals surface area contributed by atoms with Crippen LogP contribution in [0.2, 0.25) is 0 Å². The lowest BCUT2D eigenvalue weighted by atomic mass is 10.1. The van der Waals surface area contributed by atoms with Crippen molar-refractivity contribution < 1.29 is 14.0 Å². The van der Waals surface area contributed by atoms with Crippen LogP contribution >= 0.6 is 7.14 Å². The van der Waals surface area contributed by atoms with E-state index in [-0.39, 0.29) is 6.17 Å². The average molecular weight is 555 g/mol. The van der Waals surface area contributed by atoms with Gasteiger partial charge in [0.05, 0.1) is 12.8 Å². The Morgan fingerprint density at radius 3 is 2.69 bits per heavy atom. The van der Waals surface area contributed by atoms with Crippen molar-refractivity contribution in [3.63, 3.8) is 0 Å². The molecule has 1 saturated carbocycles. The van der Waals surface area contributed by atoms with Gasteiger partial charge in [0.15, 0.2) is 0 Å². The van der Waals surface area contributed by atoms with Gasteiger partial charge in [-0.15, -0.1) is 0 Å². The second kappa shape index (κ2) is 11.7. The number of hydrogen-bond acceptors (Lipinski definition) is 8. The second-order valence-corrected chi connectivity index (χ2v) is 14.6. The van der Waals surface area contributed by atoms with Crippen LogP contribution in [-0.2, 0) is 9.30 Å². The van der Waals surface area contributed by atoms with Gasteiger partial charge in [0.1, 0.15) is 24.9 Å². The third kappa shape index (κ3) is 5.64. The van der Waals surface area contributed by atoms with Gasteiger partial charge in [0, 0.05) is 74.8 Å². The molecule has 0 radical (unpaired) electrons. The molecular weight excluding hydrogens is 511 g/mol. The molecule has 0 amide bonds. The molecule has 9 nitrogen and oxygen atoms in total. The quantitative estimate of drug-likeness (QED) is 0.454. The molecule has 0 spiro atoms. The number of benzene rings is 1. The minimum atomic E-state index is -2.48. The minimum absolute atomic E-state index is 0.0423. The topological polar surface area (TPSA) is 94.2 Å². The number of aliphatic imine (C=N–C) groups is 1. The number of fused-ring (bicyclic) bond motifs is 1. The van der Waals surface area contributed by atoms with Crippen molar-refractivity contribution in [3.8, 4) is 5.75 Å². The van der Waals surface area contributed by atoms with E-state index in [1.165, 1.54) is 32.1 Å². The van der Waals surface area contributed by atoms with Crippen molar-refractivity contribution >= 4 is 29.9 Å². The lowest BCUT2D eigenvalue weighted by Crippen LogP contribution is -2.47. The first kappa shape index (κ1) is 26.9. The van der Waals surface area contributed by atoms with E-state index in [4.69, 9.17) is 14.5 Å². The fourth-order valence-electron chi connectivity index (χ4n) is 6.68. The van der Waals surface area contributed by atoms with Gasteiger partial charge in [-0.2, -0.15) is 4.99 Å². The number of rotatable bonds is 6. The summed E-state index contributed by atoms with van der Waals surface area (Å²) >= 11 is 0. The Morgan fingerprint density at radius 1 is 1.08 bits per heavy atom. The fourth-order valence-corrected chi connectivity index (χ4v) is 9.27. The fraction of sp³-hybridized carbons (Fsp3) is 0.621. The van der Waals surface area contributed by atoms with Crippen LogP contribution in [0.25, 0.3) is 0 Å². The Morgan fingerprint density at radius 2 is 1.90 bits per heavy atom. The van der Waals surface area contributed by atoms with Gasteiger partial charge in [-0.25, -0.2) is 0 Å². The highest BCUT2D eigenvalue weighted by Gasteiger charge is 2.35. The Bertz CT molecular complexity index is 1210. The first-order chi connectivity index (χ1) is 19.0. The number of hydrogen-bond donors (Lipinski definition) is 3. The SMILES string of the molecule is COc1cc(P2(=O)CCN(C3CCCOCC3)CC2)ccc1NC1=Nc2[nH]ccc2C(NC2CCCC2)N1C. The number of methoxy groups -OCH3 is 1. The summed E-state index contributed by atoms with van der Waals surface area (Å²) in [4.78, 5) is 12.9. The van der Waals surface area contributed by atoms with Crippen molar-refractivity contribution in [2.75, 3.05) is 58.1 Å². The molecule has 2 aromatic rings. The van der Waals surface area contributed by atoms with Gasteiger partial charge in [-0.3, -0.25) is 10.2 Å². The predicted octanol–water partition coefficient (Wildman–Crippen LogP) is 4.47. The summed E-state index contributed by atoms with van der Waals surface area (Å²) in [6.07, 6.45) is 11.8. The lowest BCUT2D eigenvalue weighted by molar-refractivity contribution is 0.131. The van der Waals surface area contributed by atoms with E-state index in [0.717, 1.165) is 79.8 Å². The largest absolute Gasteiger partial charge is 0.495 e. The van der Waals surface area contributed by atoms with Crippen LogP contribution in [0, 0.1) is 0 Å². The van der Waals surface area contributed by atoms with Gasteiger partial charge < -0.3 is 29.2 Å². The van der Waals surface area contributed by atoms with E-state index in [1.54, 1.807) is 7.11 Å². The van der Waals surface area contributed by atoms with Crippen molar-refractivity contribution in [2.24, 2.45) is 4.99 Å². The molecule has 39 heavy (non-hydrogen) atoms. The van der Waals surface area contributed by atoms with Crippen molar-refractivity contribution in [3.05, 3.63) is 36.0 Å². The molecule has 1 aliphatic carbocycles. The predicted molar refractivity (Wildman–Crippen MR) is 157 cm³/mol. The van der Waals surface area contributed by atoms with E-state index >= 15 is 0 Å². The van der Waals surface area contributed by atoms with Gasteiger partial charge in [-0.05, 0) is 56.4 Å². The van der Waals surface area contributed by atoms with Gasteiger partial charge in [-0.1, -0.05) is 12.8 Å². The first-order valence-corrected chi connectivity index (χ1v) is 16.7. The van der Waals surface area contributed by atoms with Crippen molar-refractivity contribution in [2.45, 2.75) is 63.2 Å². The molecule has 1 aromatic heterocycles. The molecule has 0 bridgehead atoms. The molecule has 3 fully saturated rings. The van der Waals surface area contributed by atoms with Crippen LogP contribution < -0.4 is 20.7 Å². The minimum Gasteiger partial charge on any atom is -0.495 e. The molecule has 2 unspecified atom stereocenters. The van der Waals surface area contributed by atoms with Crippen LogP contribution in [0.5, 0.6) is 5.75 Å². The molecule has 3 aliphatic heterocycles. The number of aromatic nitrogens is 1. The van der Waals surface area contributed by atoms with Gasteiger partial charge in [0.2, 0.25) is 5.96 Å². The number of guanidine groups is 1. The van der Waals surface area contributed by atoms with E-state index in [0.29, 0.717) is 17.8 Å². The molecule has 2 saturated heterocycles. The molecule has 6 rings (SSSR count). The van der Waals surface area contributed by atoms with Crippen LogP contribution in [0.15, 0.2) is 35.5 Å². The van der Waals surface area contributed by atoms with E-state index in [1.807, 2.05) is 24.4 Å². The van der Waals surface area contributed by atoms with E-state index in [2.05, 4.69) is 38.5 Å². The number of ether oxygens (including phenoxy) is 2. The number of H-pyrrole nitrogens is 1. The van der Waals surface area contributed by atoms with Crippen LogP contribution in [-0.4, -0.2) is 85.6 Å². The van der Waals surface area contributed by atoms with Crippen LogP contribution in [0.3, 0.4) is 0 Å². The zero-order valence-electron chi connectivity index (χ0n) is 23.3. The number of aromatic amines is 1. The smallest absolute Gasteiger partial charge is 0.206 e. The standard InChI is InChI=1S/C29H43N6O3P/c1-34-28(31-21-6-3-4-7-21)24-11-13-30-27(24)33-29(34)32-25-10-9-23(20-26(25)37-2)39(36)18-14-35(15-19-39)22-8-5-16-38-17-12-22/h9-11,13,20-22,28,30-31H,3-8,12,14-19H2,1-2H3,(H,32,33). The summed E-state index contributed by atoms with van der Waals surface area (Å²) in [5, 5.41) is 8.28. The van der Waals surface area contributed by atoms with Crippen molar-refractivity contribution in [1.29, 1.82) is 0 Å². The maximum Gasteiger partial charge on any atom is 0.206 e. The third-order valence-corrected chi connectivity index (χ3v) is 12.1. The Hall–Kier alpha value is -2.32. The Balaban J connectivity index is 1.17. The lowest BCUT2D eigenvalue weighted by Gasteiger charge is -2.37. The molecule has 212 valence electrons. The molecule has 3 N–H and O–H groups in total. The van der Waals surface area contributed by atoms with E-state index < -0.39 is 7.14 Å². The first-order valence-electron chi connectivity index (χ1n) is 14.6. The highest BCUT2D eigenvalue weighted by molar-refractivity contribution is 7.71. The summed E-state index contributed by atoms with van der Waals surface area (Å²) in [6.45, 7) is 3.49. The molecule has 10 heteroatoms. The zero-order valence-corrected chi connectivity index (χ0v) is 24.2. The third-order valence-electron chi connectivity index (χ3n) is 9.08. The normalized spacial score (nSPS) is 26.1. The highest BCUT2D eigenvalue weighted by Crippen LogP contribution is 2.48. The number of nitrogens with one attached hydrogen (secondary N) is 3. The van der Waals surface area contributed by atoms with Gasteiger partial charge >= 0.3 is 0 Å². The maximum absolute atomic E-state index is 14.1. The maximum atomic E-state index is 14.1. The van der Waals surface area contributed by atoms with Crippen LogP contribution in [0.1, 0.15) is 56.7 Å². The molecule has 1 aromatic carbocycles. The monoisotopic (exact) mass is 554 g/mol. The molecule has 4 heterocycles. The summed E-state index contributed by atoms with van der Waals surface area (Å²) < 4.78 is 25.6. The summed E-state index contributed by atoms with van der Waals surface area (Å²) in [6, 6.07) is 9.20.